The number of benzene rings is 1. The van der Waals surface area contributed by atoms with Crippen LogP contribution in [0.2, 0.25) is 0 Å². The van der Waals surface area contributed by atoms with Gasteiger partial charge in [-0.2, -0.15) is 0 Å². The summed E-state index contributed by atoms with van der Waals surface area (Å²) in [4.78, 5) is 23.4. The summed E-state index contributed by atoms with van der Waals surface area (Å²) < 4.78 is 10.5. The van der Waals surface area contributed by atoms with Gasteiger partial charge in [0.05, 0.1) is 20.3 Å². The Morgan fingerprint density at radius 3 is 2.67 bits per heavy atom. The fourth-order valence-corrected chi connectivity index (χ4v) is 2.79. The molecule has 1 aromatic carbocycles. The number of nitrogens with zero attached hydrogens (tertiary/aromatic N) is 3. The number of nitrogens with one attached hydrogen (secondary N) is 2. The van der Waals surface area contributed by atoms with Crippen molar-refractivity contribution in [2.45, 2.75) is 6.92 Å². The number of morpholine rings is 1. The Labute approximate surface area is 158 Å². The highest BCUT2D eigenvalue weighted by Gasteiger charge is 2.13. The zero-order chi connectivity index (χ0) is 19.1. The maximum absolute atomic E-state index is 12.4. The molecule has 0 bridgehead atoms. The summed E-state index contributed by atoms with van der Waals surface area (Å²) in [6, 6.07) is 9.11. The fourth-order valence-electron chi connectivity index (χ4n) is 2.79. The monoisotopic (exact) mass is 371 g/mol. The number of methoxy groups -OCH3 is 1. The van der Waals surface area contributed by atoms with Gasteiger partial charge in [0.1, 0.15) is 11.4 Å². The summed E-state index contributed by atoms with van der Waals surface area (Å²) in [7, 11) is 1.62. The van der Waals surface area contributed by atoms with Gasteiger partial charge in [0.15, 0.2) is 0 Å². The van der Waals surface area contributed by atoms with Crippen molar-refractivity contribution in [2.75, 3.05) is 51.8 Å². The molecule has 27 heavy (non-hydrogen) atoms. The van der Waals surface area contributed by atoms with Crippen molar-refractivity contribution in [3.63, 3.8) is 0 Å². The topological polar surface area (TPSA) is 88.6 Å². The highest BCUT2D eigenvalue weighted by molar-refractivity contribution is 5.92. The van der Waals surface area contributed by atoms with Crippen LogP contribution < -0.4 is 15.4 Å². The van der Waals surface area contributed by atoms with Crippen LogP contribution >= 0.6 is 0 Å². The van der Waals surface area contributed by atoms with Crippen LogP contribution in [0.25, 0.3) is 0 Å². The minimum absolute atomic E-state index is 0.202. The molecule has 0 aliphatic carbocycles. The van der Waals surface area contributed by atoms with Gasteiger partial charge in [-0.25, -0.2) is 9.97 Å². The standard InChI is InChI=1S/C19H25N5O3/c1-14-13-17(18(25)20-7-8-24-9-11-27-12-10-24)23-19(21-14)22-15-3-5-16(26-2)6-4-15/h3-6,13H,7-12H2,1-2H3,(H,20,25)(H,21,22,23). The maximum Gasteiger partial charge on any atom is 0.270 e. The van der Waals surface area contributed by atoms with E-state index >= 15 is 0 Å². The van der Waals surface area contributed by atoms with Crippen molar-refractivity contribution in [3.05, 3.63) is 41.7 Å². The molecule has 1 aromatic heterocycles. The van der Waals surface area contributed by atoms with Crippen LogP contribution in [0.1, 0.15) is 16.2 Å². The number of amides is 1. The molecule has 2 aromatic rings. The number of hydrogen-bond acceptors (Lipinski definition) is 7. The first kappa shape index (κ1) is 19.1. The van der Waals surface area contributed by atoms with Gasteiger partial charge >= 0.3 is 0 Å². The molecule has 0 saturated carbocycles. The molecule has 2 heterocycles. The number of ether oxygens (including phenoxy) is 2. The molecule has 3 rings (SSSR count). The van der Waals surface area contributed by atoms with Crippen LogP contribution in [0.15, 0.2) is 30.3 Å². The smallest absolute Gasteiger partial charge is 0.270 e. The third-order valence-electron chi connectivity index (χ3n) is 4.25. The maximum atomic E-state index is 12.4. The Balaban J connectivity index is 1.58. The number of aromatic nitrogens is 2. The van der Waals surface area contributed by atoms with E-state index in [-0.39, 0.29) is 5.91 Å². The predicted molar refractivity (Wildman–Crippen MR) is 103 cm³/mol. The van der Waals surface area contributed by atoms with Crippen molar-refractivity contribution in [1.29, 1.82) is 0 Å². The zero-order valence-corrected chi connectivity index (χ0v) is 15.7. The molecule has 0 unspecified atom stereocenters. The lowest BCUT2D eigenvalue weighted by Gasteiger charge is -2.26. The Morgan fingerprint density at radius 1 is 1.22 bits per heavy atom. The Kier molecular flexibility index (Phi) is 6.56. The lowest BCUT2D eigenvalue weighted by Crippen LogP contribution is -2.41. The van der Waals surface area contributed by atoms with E-state index in [1.54, 1.807) is 13.2 Å². The summed E-state index contributed by atoms with van der Waals surface area (Å²) in [6.45, 7) is 6.51. The molecule has 1 aliphatic rings. The second-order valence-corrected chi connectivity index (χ2v) is 6.28. The number of rotatable bonds is 7. The zero-order valence-electron chi connectivity index (χ0n) is 15.7. The number of aryl methyl sites for hydroxylation is 1. The van der Waals surface area contributed by atoms with Crippen LogP contribution in [0.5, 0.6) is 5.75 Å². The Bertz CT molecular complexity index is 760. The lowest BCUT2D eigenvalue weighted by molar-refractivity contribution is 0.0383. The van der Waals surface area contributed by atoms with Crippen molar-refractivity contribution >= 4 is 17.5 Å². The second kappa shape index (κ2) is 9.29. The van der Waals surface area contributed by atoms with Gasteiger partial charge < -0.3 is 20.1 Å². The first-order valence-corrected chi connectivity index (χ1v) is 8.99. The molecule has 2 N–H and O–H groups in total. The molecule has 1 aliphatic heterocycles. The highest BCUT2D eigenvalue weighted by atomic mass is 16.5. The van der Waals surface area contributed by atoms with E-state index in [0.29, 0.717) is 18.2 Å². The van der Waals surface area contributed by atoms with E-state index in [9.17, 15) is 4.79 Å². The molecule has 8 heteroatoms. The highest BCUT2D eigenvalue weighted by Crippen LogP contribution is 2.18. The third-order valence-corrected chi connectivity index (χ3v) is 4.25. The predicted octanol–water partition coefficient (Wildman–Crippen LogP) is 1.60. The molecule has 0 radical (unpaired) electrons. The first-order valence-electron chi connectivity index (χ1n) is 8.99. The Morgan fingerprint density at radius 2 is 1.96 bits per heavy atom. The average molecular weight is 371 g/mol. The van der Waals surface area contributed by atoms with E-state index < -0.39 is 0 Å². The van der Waals surface area contributed by atoms with Crippen molar-refractivity contribution in [2.24, 2.45) is 0 Å². The summed E-state index contributed by atoms with van der Waals surface area (Å²) in [5.74, 6) is 0.955. The molecule has 144 valence electrons. The third kappa shape index (κ3) is 5.63. The number of carbonyl (C=O) groups is 1. The van der Waals surface area contributed by atoms with Gasteiger partial charge in [-0.3, -0.25) is 9.69 Å². The normalized spacial score (nSPS) is 14.6. The molecule has 0 atom stereocenters. The van der Waals surface area contributed by atoms with Gasteiger partial charge in [0.25, 0.3) is 5.91 Å². The van der Waals surface area contributed by atoms with Crippen molar-refractivity contribution < 1.29 is 14.3 Å². The van der Waals surface area contributed by atoms with Crippen molar-refractivity contribution in [3.8, 4) is 5.75 Å². The quantitative estimate of drug-likeness (QED) is 0.764. The van der Waals surface area contributed by atoms with Gasteiger partial charge in [0.2, 0.25) is 5.95 Å². The molecule has 8 nitrogen and oxygen atoms in total. The molecular formula is C19H25N5O3. The van der Waals surface area contributed by atoms with Crippen LogP contribution in [0.3, 0.4) is 0 Å². The van der Waals surface area contributed by atoms with Gasteiger partial charge in [-0.1, -0.05) is 0 Å². The minimum Gasteiger partial charge on any atom is -0.497 e. The van der Waals surface area contributed by atoms with E-state index in [0.717, 1.165) is 50.0 Å². The van der Waals surface area contributed by atoms with Crippen LogP contribution in [-0.2, 0) is 4.74 Å². The van der Waals surface area contributed by atoms with E-state index in [1.165, 1.54) is 0 Å². The number of hydrogen-bond donors (Lipinski definition) is 2. The van der Waals surface area contributed by atoms with Gasteiger partial charge in [0, 0.05) is 37.6 Å². The van der Waals surface area contributed by atoms with Gasteiger partial charge in [-0.15, -0.1) is 0 Å². The summed E-state index contributed by atoms with van der Waals surface area (Å²) in [6.07, 6.45) is 0. The van der Waals surface area contributed by atoms with E-state index in [2.05, 4.69) is 25.5 Å². The second-order valence-electron chi connectivity index (χ2n) is 6.28. The number of carbonyl (C=O) groups excluding carboxylic acids is 1. The molecule has 0 spiro atoms. The Hall–Kier alpha value is -2.71. The SMILES string of the molecule is COc1ccc(Nc2nc(C)cc(C(=O)NCCN3CCOCC3)n2)cc1. The van der Waals surface area contributed by atoms with E-state index in [4.69, 9.17) is 9.47 Å². The molecule has 1 amide bonds. The van der Waals surface area contributed by atoms with Crippen LogP contribution in [-0.4, -0.2) is 67.3 Å². The number of anilines is 2. The largest absolute Gasteiger partial charge is 0.497 e. The molecular weight excluding hydrogens is 346 g/mol. The van der Waals surface area contributed by atoms with E-state index in [1.807, 2.05) is 31.2 Å². The summed E-state index contributed by atoms with van der Waals surface area (Å²) in [5, 5.41) is 6.04. The minimum atomic E-state index is -0.202. The first-order chi connectivity index (χ1) is 13.1. The summed E-state index contributed by atoms with van der Waals surface area (Å²) in [5.41, 5.74) is 1.89. The fraction of sp³-hybridized carbons (Fsp3) is 0.421. The average Bonchev–Trinajstić information content (AvgIpc) is 2.69. The molecule has 1 saturated heterocycles. The van der Waals surface area contributed by atoms with Crippen LogP contribution in [0.4, 0.5) is 11.6 Å². The van der Waals surface area contributed by atoms with Gasteiger partial charge in [-0.05, 0) is 37.3 Å². The summed E-state index contributed by atoms with van der Waals surface area (Å²) >= 11 is 0. The lowest BCUT2D eigenvalue weighted by atomic mass is 10.3. The van der Waals surface area contributed by atoms with Crippen molar-refractivity contribution in [1.82, 2.24) is 20.2 Å². The molecule has 1 fully saturated rings. The van der Waals surface area contributed by atoms with Crippen LogP contribution in [0, 0.1) is 6.92 Å².